The van der Waals surface area contributed by atoms with Crippen molar-refractivity contribution in [3.63, 3.8) is 0 Å². The van der Waals surface area contributed by atoms with Crippen LogP contribution < -0.4 is 0 Å². The van der Waals surface area contributed by atoms with Crippen molar-refractivity contribution in [3.05, 3.63) is 40.9 Å². The second-order valence-corrected chi connectivity index (χ2v) is 6.48. The highest BCUT2D eigenvalue weighted by Gasteiger charge is 2.19. The van der Waals surface area contributed by atoms with Gasteiger partial charge in [0.15, 0.2) is 0 Å². The van der Waals surface area contributed by atoms with Crippen LogP contribution in [0.15, 0.2) is 30.3 Å². The van der Waals surface area contributed by atoms with Gasteiger partial charge in [-0.2, -0.15) is 0 Å². The van der Waals surface area contributed by atoms with Crippen molar-refractivity contribution in [1.29, 1.82) is 0 Å². The van der Waals surface area contributed by atoms with Crippen LogP contribution in [0.25, 0.3) is 10.6 Å². The number of hydrogen-bond donors (Lipinski definition) is 1. The first-order valence-corrected chi connectivity index (χ1v) is 7.96. The molecule has 1 aliphatic rings. The van der Waals surface area contributed by atoms with Gasteiger partial charge in [0.25, 0.3) is 0 Å². The summed E-state index contributed by atoms with van der Waals surface area (Å²) in [7, 11) is 0. The van der Waals surface area contributed by atoms with Crippen LogP contribution in [0.2, 0.25) is 0 Å². The molecule has 1 saturated heterocycles. The molecule has 1 aromatic carbocycles. The summed E-state index contributed by atoms with van der Waals surface area (Å²) < 4.78 is 0. The van der Waals surface area contributed by atoms with E-state index in [4.69, 9.17) is 4.98 Å². The fourth-order valence-corrected chi connectivity index (χ4v) is 3.67. The molecule has 0 unspecified atom stereocenters. The minimum absolute atomic E-state index is 0.103. The lowest BCUT2D eigenvalue weighted by Gasteiger charge is -2.29. The van der Waals surface area contributed by atoms with Gasteiger partial charge in [0.2, 0.25) is 0 Å². The Morgan fingerprint density at radius 3 is 2.65 bits per heavy atom. The number of piperidine rings is 1. The summed E-state index contributed by atoms with van der Waals surface area (Å²) in [5.74, 6) is 0. The predicted molar refractivity (Wildman–Crippen MR) is 82.8 cm³/mol. The normalized spacial score (nSPS) is 17.5. The second-order valence-electron chi connectivity index (χ2n) is 5.40. The fraction of sp³-hybridized carbons (Fsp3) is 0.438. The van der Waals surface area contributed by atoms with E-state index >= 15 is 0 Å². The molecule has 2 heterocycles. The number of rotatable bonds is 3. The van der Waals surface area contributed by atoms with Crippen LogP contribution in [0.3, 0.4) is 0 Å². The number of aryl methyl sites for hydroxylation is 1. The summed E-state index contributed by atoms with van der Waals surface area (Å²) in [5, 5.41) is 10.7. The van der Waals surface area contributed by atoms with Crippen LogP contribution in [-0.2, 0) is 6.54 Å². The maximum atomic E-state index is 9.56. The van der Waals surface area contributed by atoms with E-state index in [1.807, 2.05) is 6.07 Å². The van der Waals surface area contributed by atoms with E-state index in [0.29, 0.717) is 0 Å². The van der Waals surface area contributed by atoms with Gasteiger partial charge < -0.3 is 5.11 Å². The van der Waals surface area contributed by atoms with Gasteiger partial charge in [0.05, 0.1) is 11.8 Å². The molecule has 106 valence electrons. The molecule has 3 rings (SSSR count). The Morgan fingerprint density at radius 1 is 1.25 bits per heavy atom. The van der Waals surface area contributed by atoms with Crippen molar-refractivity contribution in [2.45, 2.75) is 32.4 Å². The molecule has 1 aliphatic heterocycles. The topological polar surface area (TPSA) is 36.4 Å². The molecular weight excluding hydrogens is 268 g/mol. The summed E-state index contributed by atoms with van der Waals surface area (Å²) in [5.41, 5.74) is 2.33. The number of nitrogens with zero attached hydrogens (tertiary/aromatic N) is 2. The lowest BCUT2D eigenvalue weighted by molar-refractivity contribution is 0.0796. The summed E-state index contributed by atoms with van der Waals surface area (Å²) >= 11 is 1.79. The first-order valence-electron chi connectivity index (χ1n) is 7.14. The van der Waals surface area contributed by atoms with E-state index in [9.17, 15) is 5.11 Å². The Hall–Kier alpha value is -1.23. The zero-order chi connectivity index (χ0) is 13.9. The molecule has 4 heteroatoms. The van der Waals surface area contributed by atoms with Gasteiger partial charge in [-0.05, 0) is 19.8 Å². The third kappa shape index (κ3) is 3.08. The van der Waals surface area contributed by atoms with E-state index in [2.05, 4.69) is 36.1 Å². The molecular formula is C16H20N2OS. The van der Waals surface area contributed by atoms with Gasteiger partial charge >= 0.3 is 0 Å². The summed E-state index contributed by atoms with van der Waals surface area (Å²) in [6.45, 7) is 5.03. The number of aliphatic hydroxyl groups is 1. The molecule has 1 aromatic heterocycles. The van der Waals surface area contributed by atoms with Crippen molar-refractivity contribution >= 4 is 11.3 Å². The largest absolute Gasteiger partial charge is 0.393 e. The maximum absolute atomic E-state index is 9.56. The van der Waals surface area contributed by atoms with Gasteiger partial charge in [0.1, 0.15) is 5.01 Å². The highest BCUT2D eigenvalue weighted by Crippen LogP contribution is 2.29. The number of aromatic nitrogens is 1. The predicted octanol–water partition coefficient (Wildman–Crippen LogP) is 3.08. The quantitative estimate of drug-likeness (QED) is 0.943. The SMILES string of the molecule is Cc1nc(-c2ccccc2)sc1CN1CCC(O)CC1. The van der Waals surface area contributed by atoms with Crippen LogP contribution in [0.1, 0.15) is 23.4 Å². The molecule has 1 fully saturated rings. The third-order valence-corrected chi connectivity index (χ3v) is 5.03. The second kappa shape index (κ2) is 6.04. The number of benzene rings is 1. The highest BCUT2D eigenvalue weighted by molar-refractivity contribution is 7.15. The molecule has 1 N–H and O–H groups in total. The smallest absolute Gasteiger partial charge is 0.123 e. The average molecular weight is 288 g/mol. The summed E-state index contributed by atoms with van der Waals surface area (Å²) in [4.78, 5) is 8.47. The van der Waals surface area contributed by atoms with E-state index in [1.165, 1.54) is 10.4 Å². The van der Waals surface area contributed by atoms with Gasteiger partial charge in [-0.3, -0.25) is 4.90 Å². The first kappa shape index (κ1) is 13.7. The number of likely N-dealkylation sites (tertiary alicyclic amines) is 1. The lowest BCUT2D eigenvalue weighted by atomic mass is 10.1. The molecule has 0 aliphatic carbocycles. The van der Waals surface area contributed by atoms with Crippen molar-refractivity contribution in [1.82, 2.24) is 9.88 Å². The molecule has 20 heavy (non-hydrogen) atoms. The zero-order valence-electron chi connectivity index (χ0n) is 11.7. The maximum Gasteiger partial charge on any atom is 0.123 e. The van der Waals surface area contributed by atoms with Crippen LogP contribution in [0.5, 0.6) is 0 Å². The Kier molecular flexibility index (Phi) is 4.15. The van der Waals surface area contributed by atoms with Crippen molar-refractivity contribution in [2.75, 3.05) is 13.1 Å². The molecule has 3 nitrogen and oxygen atoms in total. The Labute approximate surface area is 123 Å². The number of hydrogen-bond acceptors (Lipinski definition) is 4. The minimum Gasteiger partial charge on any atom is -0.393 e. The lowest BCUT2D eigenvalue weighted by Crippen LogP contribution is -2.35. The van der Waals surface area contributed by atoms with E-state index in [1.54, 1.807) is 11.3 Å². The molecule has 0 saturated carbocycles. The summed E-state index contributed by atoms with van der Waals surface area (Å²) in [6.07, 6.45) is 1.68. The standard InChI is InChI=1S/C16H20N2OS/c1-12-15(11-18-9-7-14(19)8-10-18)20-16(17-12)13-5-3-2-4-6-13/h2-6,14,19H,7-11H2,1H3. The number of aliphatic hydroxyl groups excluding tert-OH is 1. The fourth-order valence-electron chi connectivity index (χ4n) is 2.56. The molecule has 0 bridgehead atoms. The molecule has 0 atom stereocenters. The first-order chi connectivity index (χ1) is 9.72. The van der Waals surface area contributed by atoms with Crippen molar-refractivity contribution in [3.8, 4) is 10.6 Å². The van der Waals surface area contributed by atoms with E-state index < -0.39 is 0 Å². The van der Waals surface area contributed by atoms with Crippen LogP contribution in [0.4, 0.5) is 0 Å². The monoisotopic (exact) mass is 288 g/mol. The number of thiazole rings is 1. The zero-order valence-corrected chi connectivity index (χ0v) is 12.6. The molecule has 0 amide bonds. The molecule has 0 spiro atoms. The van der Waals surface area contributed by atoms with Gasteiger partial charge in [-0.1, -0.05) is 30.3 Å². The van der Waals surface area contributed by atoms with E-state index in [-0.39, 0.29) is 6.10 Å². The molecule has 2 aromatic rings. The van der Waals surface area contributed by atoms with Gasteiger partial charge in [0, 0.05) is 30.1 Å². The van der Waals surface area contributed by atoms with E-state index in [0.717, 1.165) is 43.2 Å². The Balaban J connectivity index is 1.73. The van der Waals surface area contributed by atoms with Gasteiger partial charge in [-0.25, -0.2) is 4.98 Å². The van der Waals surface area contributed by atoms with Crippen LogP contribution >= 0.6 is 11.3 Å². The van der Waals surface area contributed by atoms with Crippen LogP contribution in [-0.4, -0.2) is 34.2 Å². The average Bonchev–Trinajstić information content (AvgIpc) is 2.84. The minimum atomic E-state index is -0.103. The Morgan fingerprint density at radius 2 is 1.95 bits per heavy atom. The molecule has 0 radical (unpaired) electrons. The Bertz CT molecular complexity index is 559. The van der Waals surface area contributed by atoms with Crippen molar-refractivity contribution < 1.29 is 5.11 Å². The third-order valence-electron chi connectivity index (χ3n) is 3.84. The van der Waals surface area contributed by atoms with Gasteiger partial charge in [-0.15, -0.1) is 11.3 Å². The summed E-state index contributed by atoms with van der Waals surface area (Å²) in [6, 6.07) is 10.4. The van der Waals surface area contributed by atoms with Crippen LogP contribution in [0, 0.1) is 6.92 Å². The van der Waals surface area contributed by atoms with Crippen molar-refractivity contribution in [2.24, 2.45) is 0 Å². The highest BCUT2D eigenvalue weighted by atomic mass is 32.1.